The molecule has 0 radical (unpaired) electrons. The highest BCUT2D eigenvalue weighted by atomic mass is 15.3. The predicted octanol–water partition coefficient (Wildman–Crippen LogP) is 1.71. The van der Waals surface area contributed by atoms with E-state index in [1.54, 1.807) is 0 Å². The maximum Gasteiger partial charge on any atom is 0.383 e. The van der Waals surface area contributed by atoms with Crippen LogP contribution in [-0.4, -0.2) is 37.3 Å². The Kier molecular flexibility index (Phi) is 7.29. The van der Waals surface area contributed by atoms with Crippen LogP contribution in [0, 0.1) is 44.9 Å². The van der Waals surface area contributed by atoms with E-state index in [4.69, 9.17) is 21.0 Å². The third-order valence-corrected chi connectivity index (χ3v) is 3.43. The smallest absolute Gasteiger partial charge is 0.326 e. The molecule has 1 saturated heterocycles. The lowest BCUT2D eigenvalue weighted by Crippen LogP contribution is -2.48. The molecule has 1 rings (SSSR count). The minimum Gasteiger partial charge on any atom is -0.326 e. The molecule has 6 heteroatoms. The number of piperidine rings is 1. The van der Waals surface area contributed by atoms with E-state index < -0.39 is 6.15 Å². The molecule has 5 nitrogen and oxygen atoms in total. The molecule has 0 saturated carbocycles. The van der Waals surface area contributed by atoms with Gasteiger partial charge in [0.2, 0.25) is 0 Å². The number of quaternary nitrogens is 1. The summed E-state index contributed by atoms with van der Waals surface area (Å²) in [4.78, 5) is 0. The summed E-state index contributed by atoms with van der Waals surface area (Å²) in [5.41, 5.74) is 0. The quantitative estimate of drug-likeness (QED) is 0.555. The van der Waals surface area contributed by atoms with Gasteiger partial charge in [-0.05, 0) is 25.7 Å². The second kappa shape index (κ2) is 8.15. The molecule has 0 aliphatic carbocycles. The first-order chi connectivity index (χ1) is 9.01. The van der Waals surface area contributed by atoms with E-state index >= 15 is 0 Å². The summed E-state index contributed by atoms with van der Waals surface area (Å²) < 4.78 is 1.34. The Balaban J connectivity index is 0.000000344. The van der Waals surface area contributed by atoms with Crippen LogP contribution in [0.5, 0.6) is 0 Å². The number of hydrogen-bond acceptors (Lipinski definition) is 4. The van der Waals surface area contributed by atoms with E-state index in [0.29, 0.717) is 0 Å². The molecule has 0 unspecified atom stereocenters. The molecule has 0 N–H and O–H groups in total. The summed E-state index contributed by atoms with van der Waals surface area (Å²) in [5.74, 6) is 5.38. The number of nitriles is 4. The molecule has 0 aromatic rings. The van der Waals surface area contributed by atoms with Gasteiger partial charge >= 0.3 is 6.15 Å². The van der Waals surface area contributed by atoms with Gasteiger partial charge in [0.05, 0.1) is 26.7 Å². The van der Waals surface area contributed by atoms with Crippen molar-refractivity contribution in [2.75, 3.05) is 26.7 Å². The summed E-state index contributed by atoms with van der Waals surface area (Å²) in [6, 6.07) is 0. The summed E-state index contributed by atoms with van der Waals surface area (Å²) in [7, 11) is 2.41. The van der Waals surface area contributed by atoms with Crippen molar-refractivity contribution >= 4 is 6.15 Å². The van der Waals surface area contributed by atoms with Crippen LogP contribution >= 0.6 is 0 Å². The van der Waals surface area contributed by atoms with Crippen molar-refractivity contribution in [1.82, 2.24) is 0 Å². The average molecular weight is 257 g/mol. The number of rotatable bonds is 2. The molecular formula is C13H20BN5. The third-order valence-electron chi connectivity index (χ3n) is 3.43. The molecule has 1 fully saturated rings. The Labute approximate surface area is 115 Å². The zero-order chi connectivity index (χ0) is 14.8. The van der Waals surface area contributed by atoms with Crippen LogP contribution < -0.4 is 0 Å². The first-order valence-corrected chi connectivity index (χ1v) is 6.65. The van der Waals surface area contributed by atoms with E-state index in [2.05, 4.69) is 14.0 Å². The molecule has 1 heterocycles. The fourth-order valence-corrected chi connectivity index (χ4v) is 2.21. The monoisotopic (exact) mass is 257 g/mol. The third kappa shape index (κ3) is 5.43. The summed E-state index contributed by atoms with van der Waals surface area (Å²) in [6.45, 7) is 6.53. The van der Waals surface area contributed by atoms with Gasteiger partial charge in [0.25, 0.3) is 0 Å². The number of hydrogen-bond donors (Lipinski definition) is 0. The molecule has 0 amide bonds. The lowest BCUT2D eigenvalue weighted by molar-refractivity contribution is -0.914. The summed E-state index contributed by atoms with van der Waals surface area (Å²) >= 11 is 0. The fourth-order valence-electron chi connectivity index (χ4n) is 2.21. The van der Waals surface area contributed by atoms with Crippen molar-refractivity contribution in [2.45, 2.75) is 32.6 Å². The largest absolute Gasteiger partial charge is 0.383 e. The molecular weight excluding hydrogens is 237 g/mol. The van der Waals surface area contributed by atoms with Crippen molar-refractivity contribution < 1.29 is 4.48 Å². The van der Waals surface area contributed by atoms with Gasteiger partial charge in [-0.15, -0.1) is 23.9 Å². The van der Waals surface area contributed by atoms with E-state index in [0.717, 1.165) is 0 Å². The Morgan fingerprint density at radius 3 is 1.58 bits per heavy atom. The van der Waals surface area contributed by atoms with Crippen molar-refractivity contribution in [3.63, 3.8) is 0 Å². The maximum atomic E-state index is 8.09. The average Bonchev–Trinajstić information content (AvgIpc) is 2.43. The van der Waals surface area contributed by atoms with Gasteiger partial charge in [0.15, 0.2) is 0 Å². The van der Waals surface area contributed by atoms with E-state index in [1.165, 1.54) is 73.7 Å². The molecule has 19 heavy (non-hydrogen) atoms. The topological polar surface area (TPSA) is 95.2 Å². The molecule has 0 aromatic carbocycles. The van der Waals surface area contributed by atoms with Gasteiger partial charge in [0.1, 0.15) is 0 Å². The standard InChI is InChI=1S/C9H20N.C4BN4/c1-3-7-10(2)8-5-4-6-9-10;6-1-5(2-7,3-8)4-9/h3-9H2,1-2H3;/q+1;-1. The van der Waals surface area contributed by atoms with Gasteiger partial charge in [-0.1, -0.05) is 6.92 Å². The SMILES string of the molecule is CCC[N+]1(C)CCCCC1.N#C[B-](C#N)(C#N)C#N. The highest BCUT2D eigenvalue weighted by Gasteiger charge is 2.23. The van der Waals surface area contributed by atoms with Crippen molar-refractivity contribution in [3.8, 4) is 23.9 Å². The molecule has 0 bridgehead atoms. The van der Waals surface area contributed by atoms with E-state index in [9.17, 15) is 0 Å². The highest BCUT2D eigenvalue weighted by molar-refractivity contribution is 7.05. The zero-order valence-corrected chi connectivity index (χ0v) is 11.8. The van der Waals surface area contributed by atoms with Gasteiger partial charge in [-0.25, -0.2) is 21.0 Å². The fraction of sp³-hybridized carbons (Fsp3) is 0.692. The Morgan fingerprint density at radius 1 is 0.895 bits per heavy atom. The summed E-state index contributed by atoms with van der Waals surface area (Å²) in [5, 5.41) is 32.3. The van der Waals surface area contributed by atoms with Gasteiger partial charge in [0, 0.05) is 0 Å². The molecule has 0 atom stereocenters. The van der Waals surface area contributed by atoms with Crippen LogP contribution in [0.2, 0.25) is 0 Å². The highest BCUT2D eigenvalue weighted by Crippen LogP contribution is 2.15. The lowest BCUT2D eigenvalue weighted by Gasteiger charge is -2.37. The van der Waals surface area contributed by atoms with Gasteiger partial charge in [-0.2, -0.15) is 0 Å². The Bertz CT molecular complexity index is 373. The van der Waals surface area contributed by atoms with Crippen LogP contribution in [0.15, 0.2) is 0 Å². The normalized spacial score (nSPS) is 16.5. The second-order valence-corrected chi connectivity index (χ2v) is 5.23. The maximum absolute atomic E-state index is 8.09. The molecule has 1 aliphatic heterocycles. The van der Waals surface area contributed by atoms with Gasteiger partial charge < -0.3 is 4.48 Å². The van der Waals surface area contributed by atoms with Crippen LogP contribution in [0.25, 0.3) is 0 Å². The molecule has 0 spiro atoms. The van der Waals surface area contributed by atoms with Crippen LogP contribution in [0.4, 0.5) is 0 Å². The van der Waals surface area contributed by atoms with Crippen molar-refractivity contribution in [3.05, 3.63) is 0 Å². The van der Waals surface area contributed by atoms with Crippen LogP contribution in [-0.2, 0) is 0 Å². The summed E-state index contributed by atoms with van der Waals surface area (Å²) in [6.07, 6.45) is 3.00. The Morgan fingerprint density at radius 2 is 1.32 bits per heavy atom. The van der Waals surface area contributed by atoms with E-state index in [1.807, 2.05) is 0 Å². The molecule has 0 aromatic heterocycles. The first-order valence-electron chi connectivity index (χ1n) is 6.65. The van der Waals surface area contributed by atoms with Crippen molar-refractivity contribution in [2.24, 2.45) is 0 Å². The molecule has 100 valence electrons. The molecule has 1 aliphatic rings. The minimum atomic E-state index is -2.72. The minimum absolute atomic E-state index is 1.34. The lowest BCUT2D eigenvalue weighted by atomic mass is 9.30. The Hall–Kier alpha value is -2.02. The second-order valence-electron chi connectivity index (χ2n) is 5.23. The first kappa shape index (κ1) is 17.0. The number of likely N-dealkylation sites (tertiary alicyclic amines) is 1. The van der Waals surface area contributed by atoms with Crippen LogP contribution in [0.3, 0.4) is 0 Å². The van der Waals surface area contributed by atoms with E-state index in [-0.39, 0.29) is 0 Å². The van der Waals surface area contributed by atoms with Gasteiger partial charge in [-0.3, -0.25) is 0 Å². The van der Waals surface area contributed by atoms with Crippen molar-refractivity contribution in [1.29, 1.82) is 21.0 Å². The zero-order valence-electron chi connectivity index (χ0n) is 11.8. The predicted molar refractivity (Wildman–Crippen MR) is 73.1 cm³/mol. The van der Waals surface area contributed by atoms with Crippen LogP contribution in [0.1, 0.15) is 32.6 Å². The number of nitrogens with zero attached hydrogens (tertiary/aromatic N) is 5.